The SMILES string of the molecule is CC(C)NC(=O)n1sc2cc(Cl)ccc2c1=O. The molecule has 90 valence electrons. The van der Waals surface area contributed by atoms with E-state index in [1.807, 2.05) is 13.8 Å². The molecule has 1 heterocycles. The van der Waals surface area contributed by atoms with E-state index in [-0.39, 0.29) is 11.6 Å². The Morgan fingerprint density at radius 2 is 2.18 bits per heavy atom. The van der Waals surface area contributed by atoms with Crippen LogP contribution in [0.3, 0.4) is 0 Å². The summed E-state index contributed by atoms with van der Waals surface area (Å²) in [7, 11) is 0. The Balaban J connectivity index is 2.52. The normalized spacial score (nSPS) is 11.1. The summed E-state index contributed by atoms with van der Waals surface area (Å²) in [6.45, 7) is 3.68. The number of fused-ring (bicyclic) bond motifs is 1. The Labute approximate surface area is 107 Å². The molecule has 0 saturated carbocycles. The van der Waals surface area contributed by atoms with Crippen molar-refractivity contribution in [3.05, 3.63) is 33.6 Å². The maximum Gasteiger partial charge on any atom is 0.338 e. The minimum absolute atomic E-state index is 0.0109. The average molecular weight is 271 g/mol. The van der Waals surface area contributed by atoms with Crippen LogP contribution < -0.4 is 10.9 Å². The molecule has 0 aliphatic rings. The van der Waals surface area contributed by atoms with Gasteiger partial charge in [-0.1, -0.05) is 11.6 Å². The topological polar surface area (TPSA) is 51.1 Å². The van der Waals surface area contributed by atoms with Gasteiger partial charge in [-0.2, -0.15) is 3.96 Å². The molecule has 2 aromatic rings. The van der Waals surface area contributed by atoms with E-state index in [0.29, 0.717) is 15.1 Å². The van der Waals surface area contributed by atoms with E-state index in [4.69, 9.17) is 11.6 Å². The predicted octanol–water partition coefficient (Wildman–Crippen LogP) is 2.68. The van der Waals surface area contributed by atoms with Gasteiger partial charge in [-0.25, -0.2) is 4.79 Å². The van der Waals surface area contributed by atoms with E-state index in [9.17, 15) is 9.59 Å². The second kappa shape index (κ2) is 4.50. The number of nitrogens with zero attached hydrogens (tertiary/aromatic N) is 1. The van der Waals surface area contributed by atoms with Crippen molar-refractivity contribution in [1.29, 1.82) is 0 Å². The number of carbonyl (C=O) groups excluding carboxylic acids is 1. The minimum Gasteiger partial charge on any atom is -0.334 e. The highest BCUT2D eigenvalue weighted by Crippen LogP contribution is 2.20. The fourth-order valence-corrected chi connectivity index (χ4v) is 2.62. The van der Waals surface area contributed by atoms with Gasteiger partial charge in [0.1, 0.15) is 0 Å². The van der Waals surface area contributed by atoms with Gasteiger partial charge in [0, 0.05) is 11.1 Å². The fraction of sp³-hybridized carbons (Fsp3) is 0.273. The smallest absolute Gasteiger partial charge is 0.334 e. The van der Waals surface area contributed by atoms with E-state index < -0.39 is 6.03 Å². The van der Waals surface area contributed by atoms with Gasteiger partial charge in [0.15, 0.2) is 0 Å². The van der Waals surface area contributed by atoms with Crippen molar-refractivity contribution in [2.24, 2.45) is 0 Å². The van der Waals surface area contributed by atoms with Gasteiger partial charge in [-0.05, 0) is 43.6 Å². The summed E-state index contributed by atoms with van der Waals surface area (Å²) in [5.41, 5.74) is -0.306. The van der Waals surface area contributed by atoms with E-state index in [2.05, 4.69) is 5.32 Å². The monoisotopic (exact) mass is 270 g/mol. The first-order chi connectivity index (χ1) is 7.99. The molecule has 17 heavy (non-hydrogen) atoms. The number of halogens is 1. The number of carbonyl (C=O) groups is 1. The molecule has 1 aromatic heterocycles. The van der Waals surface area contributed by atoms with Crippen LogP contribution in [0.15, 0.2) is 23.0 Å². The molecule has 0 aliphatic carbocycles. The van der Waals surface area contributed by atoms with Crippen LogP contribution in [-0.2, 0) is 0 Å². The summed E-state index contributed by atoms with van der Waals surface area (Å²) in [5, 5.41) is 3.74. The number of rotatable bonds is 1. The zero-order valence-corrected chi connectivity index (χ0v) is 10.9. The van der Waals surface area contributed by atoms with Crippen molar-refractivity contribution in [2.75, 3.05) is 0 Å². The Bertz CT molecular complexity index is 630. The molecule has 0 radical (unpaired) electrons. The van der Waals surface area contributed by atoms with Crippen LogP contribution >= 0.6 is 23.1 Å². The highest BCUT2D eigenvalue weighted by Gasteiger charge is 2.14. The summed E-state index contributed by atoms with van der Waals surface area (Å²) in [6, 6.07) is 4.55. The van der Waals surface area contributed by atoms with Crippen LogP contribution in [0.1, 0.15) is 13.8 Å². The average Bonchev–Trinajstić information content (AvgIpc) is 2.54. The molecule has 0 spiro atoms. The molecule has 1 aromatic carbocycles. The summed E-state index contributed by atoms with van der Waals surface area (Å²) in [4.78, 5) is 23.7. The van der Waals surface area contributed by atoms with Gasteiger partial charge >= 0.3 is 6.03 Å². The Morgan fingerprint density at radius 1 is 1.47 bits per heavy atom. The summed E-state index contributed by atoms with van der Waals surface area (Å²) in [5.74, 6) is 0. The van der Waals surface area contributed by atoms with Crippen LogP contribution in [0.5, 0.6) is 0 Å². The largest absolute Gasteiger partial charge is 0.338 e. The zero-order valence-electron chi connectivity index (χ0n) is 9.36. The van der Waals surface area contributed by atoms with E-state index in [1.165, 1.54) is 0 Å². The van der Waals surface area contributed by atoms with E-state index in [1.54, 1.807) is 18.2 Å². The first-order valence-electron chi connectivity index (χ1n) is 5.11. The lowest BCUT2D eigenvalue weighted by Gasteiger charge is -2.06. The minimum atomic E-state index is -0.401. The van der Waals surface area contributed by atoms with E-state index in [0.717, 1.165) is 15.5 Å². The number of hydrogen-bond acceptors (Lipinski definition) is 3. The van der Waals surface area contributed by atoms with Crippen LogP contribution in [0.2, 0.25) is 5.02 Å². The molecule has 0 fully saturated rings. The Hall–Kier alpha value is -1.33. The lowest BCUT2D eigenvalue weighted by atomic mass is 10.3. The molecule has 2 rings (SSSR count). The van der Waals surface area contributed by atoms with Gasteiger partial charge in [-0.15, -0.1) is 0 Å². The molecular formula is C11H11ClN2O2S. The second-order valence-electron chi connectivity index (χ2n) is 3.94. The first kappa shape index (κ1) is 12.1. The summed E-state index contributed by atoms with van der Waals surface area (Å²) >= 11 is 6.93. The third kappa shape index (κ3) is 2.35. The fourth-order valence-electron chi connectivity index (χ4n) is 1.44. The van der Waals surface area contributed by atoms with Crippen molar-refractivity contribution in [3.63, 3.8) is 0 Å². The quantitative estimate of drug-likeness (QED) is 0.866. The molecule has 6 heteroatoms. The van der Waals surface area contributed by atoms with Crippen molar-refractivity contribution in [3.8, 4) is 0 Å². The number of aromatic nitrogens is 1. The lowest BCUT2D eigenvalue weighted by molar-refractivity contribution is 0.241. The number of benzene rings is 1. The third-order valence-electron chi connectivity index (χ3n) is 2.14. The molecule has 4 nitrogen and oxygen atoms in total. The third-order valence-corrected chi connectivity index (χ3v) is 3.43. The van der Waals surface area contributed by atoms with Gasteiger partial charge in [0.05, 0.1) is 10.1 Å². The molecule has 0 atom stereocenters. The Morgan fingerprint density at radius 3 is 2.82 bits per heavy atom. The van der Waals surface area contributed by atoms with Crippen molar-refractivity contribution in [1.82, 2.24) is 9.27 Å². The van der Waals surface area contributed by atoms with Gasteiger partial charge in [-0.3, -0.25) is 4.79 Å². The number of amides is 1. The van der Waals surface area contributed by atoms with Gasteiger partial charge < -0.3 is 5.32 Å². The van der Waals surface area contributed by atoms with Crippen LogP contribution in [0.25, 0.3) is 10.1 Å². The summed E-state index contributed by atoms with van der Waals surface area (Å²) in [6.07, 6.45) is 0. The molecular weight excluding hydrogens is 260 g/mol. The van der Waals surface area contributed by atoms with E-state index >= 15 is 0 Å². The van der Waals surface area contributed by atoms with Crippen molar-refractivity contribution >= 4 is 39.3 Å². The van der Waals surface area contributed by atoms with Crippen LogP contribution in [-0.4, -0.2) is 16.0 Å². The molecule has 0 saturated heterocycles. The highest BCUT2D eigenvalue weighted by atomic mass is 35.5. The van der Waals surface area contributed by atoms with Crippen LogP contribution in [0, 0.1) is 0 Å². The number of hydrogen-bond donors (Lipinski definition) is 1. The molecule has 1 amide bonds. The van der Waals surface area contributed by atoms with Crippen molar-refractivity contribution < 1.29 is 4.79 Å². The molecule has 0 bridgehead atoms. The summed E-state index contributed by atoms with van der Waals surface area (Å²) < 4.78 is 1.82. The molecule has 0 aliphatic heterocycles. The predicted molar refractivity (Wildman–Crippen MR) is 70.2 cm³/mol. The van der Waals surface area contributed by atoms with Gasteiger partial charge in [0.25, 0.3) is 5.56 Å². The van der Waals surface area contributed by atoms with Crippen molar-refractivity contribution in [2.45, 2.75) is 19.9 Å². The zero-order chi connectivity index (χ0) is 12.6. The molecule has 0 unspecified atom stereocenters. The lowest BCUT2D eigenvalue weighted by Crippen LogP contribution is -2.37. The number of nitrogens with one attached hydrogen (secondary N) is 1. The first-order valence-corrected chi connectivity index (χ1v) is 6.26. The maximum absolute atomic E-state index is 11.9. The second-order valence-corrected chi connectivity index (χ2v) is 5.36. The van der Waals surface area contributed by atoms with Crippen LogP contribution in [0.4, 0.5) is 4.79 Å². The van der Waals surface area contributed by atoms with Gasteiger partial charge in [0.2, 0.25) is 0 Å². The molecule has 1 N–H and O–H groups in total. The standard InChI is InChI=1S/C11H11ClN2O2S/c1-6(2)13-11(16)14-10(15)8-4-3-7(12)5-9(8)17-14/h3-6H,1-2H3,(H,13,16). The Kier molecular flexibility index (Phi) is 3.22. The highest BCUT2D eigenvalue weighted by molar-refractivity contribution is 7.14. The maximum atomic E-state index is 11.9.